The van der Waals surface area contributed by atoms with Crippen LogP contribution in [0.1, 0.15) is 25.3 Å². The summed E-state index contributed by atoms with van der Waals surface area (Å²) < 4.78 is 0. The zero-order chi connectivity index (χ0) is 10.2. The first-order valence-electron chi connectivity index (χ1n) is 5.11. The number of benzene rings is 1. The summed E-state index contributed by atoms with van der Waals surface area (Å²) in [6.45, 7) is 2.13. The predicted molar refractivity (Wildman–Crippen MR) is 58.5 cm³/mol. The minimum absolute atomic E-state index is 0.445. The molecule has 0 spiro atoms. The van der Waals surface area contributed by atoms with E-state index in [1.54, 1.807) is 0 Å². The molecule has 14 heavy (non-hydrogen) atoms. The third-order valence-corrected chi connectivity index (χ3v) is 3.33. The SMILES string of the molecule is CCC1CC1(O)Cc1cccc(Cl)c1. The molecule has 2 rings (SSSR count). The zero-order valence-electron chi connectivity index (χ0n) is 8.33. The van der Waals surface area contributed by atoms with Crippen LogP contribution in [0, 0.1) is 5.92 Å². The average molecular weight is 211 g/mol. The van der Waals surface area contributed by atoms with Gasteiger partial charge in [-0.3, -0.25) is 0 Å². The molecule has 1 aromatic carbocycles. The van der Waals surface area contributed by atoms with E-state index in [1.165, 1.54) is 0 Å². The fourth-order valence-electron chi connectivity index (χ4n) is 2.11. The molecule has 1 aromatic rings. The highest BCUT2D eigenvalue weighted by atomic mass is 35.5. The van der Waals surface area contributed by atoms with E-state index in [-0.39, 0.29) is 0 Å². The normalized spacial score (nSPS) is 30.4. The standard InChI is InChI=1S/C12H15ClO/c1-2-10-8-12(10,14)7-9-4-3-5-11(13)6-9/h3-6,10,14H,2,7-8H2,1H3. The molecule has 1 saturated carbocycles. The Labute approximate surface area is 89.7 Å². The van der Waals surface area contributed by atoms with Gasteiger partial charge in [0.25, 0.3) is 0 Å². The number of hydrogen-bond acceptors (Lipinski definition) is 1. The predicted octanol–water partition coefficient (Wildman–Crippen LogP) is 3.04. The summed E-state index contributed by atoms with van der Waals surface area (Å²) in [4.78, 5) is 0. The van der Waals surface area contributed by atoms with Crippen molar-refractivity contribution in [3.8, 4) is 0 Å². The van der Waals surface area contributed by atoms with Gasteiger partial charge in [-0.05, 0) is 30.0 Å². The first-order valence-corrected chi connectivity index (χ1v) is 5.48. The van der Waals surface area contributed by atoms with Crippen molar-refractivity contribution in [3.05, 3.63) is 34.9 Å². The third-order valence-electron chi connectivity index (χ3n) is 3.09. The minimum Gasteiger partial charge on any atom is -0.389 e. The van der Waals surface area contributed by atoms with Crippen molar-refractivity contribution < 1.29 is 5.11 Å². The quantitative estimate of drug-likeness (QED) is 0.813. The smallest absolute Gasteiger partial charge is 0.0720 e. The second-order valence-electron chi connectivity index (χ2n) is 4.22. The lowest BCUT2D eigenvalue weighted by atomic mass is 10.0. The lowest BCUT2D eigenvalue weighted by molar-refractivity contribution is 0.130. The van der Waals surface area contributed by atoms with E-state index >= 15 is 0 Å². The molecule has 2 unspecified atom stereocenters. The maximum Gasteiger partial charge on any atom is 0.0720 e. The van der Waals surface area contributed by atoms with Gasteiger partial charge in [0.15, 0.2) is 0 Å². The second-order valence-corrected chi connectivity index (χ2v) is 4.66. The average Bonchev–Trinajstić information content (AvgIpc) is 2.76. The van der Waals surface area contributed by atoms with Crippen LogP contribution in [0.5, 0.6) is 0 Å². The monoisotopic (exact) mass is 210 g/mol. The fraction of sp³-hybridized carbons (Fsp3) is 0.500. The molecule has 1 nitrogen and oxygen atoms in total. The molecule has 0 aromatic heterocycles. The summed E-state index contributed by atoms with van der Waals surface area (Å²) >= 11 is 5.88. The fourth-order valence-corrected chi connectivity index (χ4v) is 2.32. The van der Waals surface area contributed by atoms with Crippen molar-refractivity contribution in [2.75, 3.05) is 0 Å². The summed E-state index contributed by atoms with van der Waals surface area (Å²) in [7, 11) is 0. The van der Waals surface area contributed by atoms with Crippen molar-refractivity contribution >= 4 is 11.6 Å². The van der Waals surface area contributed by atoms with Crippen LogP contribution in [0.3, 0.4) is 0 Å². The Kier molecular flexibility index (Phi) is 2.54. The minimum atomic E-state index is -0.445. The summed E-state index contributed by atoms with van der Waals surface area (Å²) in [5.41, 5.74) is 0.690. The van der Waals surface area contributed by atoms with E-state index < -0.39 is 5.60 Å². The summed E-state index contributed by atoms with van der Waals surface area (Å²) in [6.07, 6.45) is 2.75. The van der Waals surface area contributed by atoms with Crippen LogP contribution in [0.2, 0.25) is 5.02 Å². The second kappa shape index (κ2) is 3.56. The molecular formula is C12H15ClO. The Hall–Kier alpha value is -0.530. The van der Waals surface area contributed by atoms with Crippen LogP contribution in [0.15, 0.2) is 24.3 Å². The molecule has 0 radical (unpaired) electrons. The van der Waals surface area contributed by atoms with Crippen molar-refractivity contribution in [2.24, 2.45) is 5.92 Å². The van der Waals surface area contributed by atoms with Crippen LogP contribution in [0.25, 0.3) is 0 Å². The number of rotatable bonds is 3. The number of halogens is 1. The molecule has 0 aliphatic heterocycles. The Balaban J connectivity index is 2.05. The highest BCUT2D eigenvalue weighted by Crippen LogP contribution is 2.47. The van der Waals surface area contributed by atoms with E-state index in [2.05, 4.69) is 6.92 Å². The van der Waals surface area contributed by atoms with E-state index in [9.17, 15) is 5.11 Å². The van der Waals surface area contributed by atoms with Gasteiger partial charge >= 0.3 is 0 Å². The van der Waals surface area contributed by atoms with E-state index in [4.69, 9.17) is 11.6 Å². The van der Waals surface area contributed by atoms with Gasteiger partial charge in [-0.25, -0.2) is 0 Å². The van der Waals surface area contributed by atoms with Gasteiger partial charge < -0.3 is 5.11 Å². The molecule has 0 saturated heterocycles. The lowest BCUT2D eigenvalue weighted by Crippen LogP contribution is -2.14. The van der Waals surface area contributed by atoms with Crippen LogP contribution in [-0.4, -0.2) is 10.7 Å². The molecule has 1 fully saturated rings. The summed E-state index contributed by atoms with van der Waals surface area (Å²) in [6, 6.07) is 7.75. The lowest BCUT2D eigenvalue weighted by Gasteiger charge is -2.09. The molecular weight excluding hydrogens is 196 g/mol. The molecule has 76 valence electrons. The first kappa shape index (κ1) is 10.0. The van der Waals surface area contributed by atoms with Crippen molar-refractivity contribution in [3.63, 3.8) is 0 Å². The Morgan fingerprint density at radius 3 is 2.93 bits per heavy atom. The molecule has 0 heterocycles. The zero-order valence-corrected chi connectivity index (χ0v) is 9.09. The number of aliphatic hydroxyl groups is 1. The van der Waals surface area contributed by atoms with Gasteiger partial charge in [-0.2, -0.15) is 0 Å². The highest BCUT2D eigenvalue weighted by Gasteiger charge is 2.51. The van der Waals surface area contributed by atoms with Crippen LogP contribution < -0.4 is 0 Å². The summed E-state index contributed by atoms with van der Waals surface area (Å²) in [5.74, 6) is 0.487. The molecule has 0 bridgehead atoms. The van der Waals surface area contributed by atoms with Crippen molar-refractivity contribution in [1.82, 2.24) is 0 Å². The summed E-state index contributed by atoms with van der Waals surface area (Å²) in [5, 5.41) is 10.8. The topological polar surface area (TPSA) is 20.2 Å². The van der Waals surface area contributed by atoms with Gasteiger partial charge in [0.05, 0.1) is 5.60 Å². The van der Waals surface area contributed by atoms with Gasteiger partial charge in [0.2, 0.25) is 0 Å². The van der Waals surface area contributed by atoms with Crippen LogP contribution >= 0.6 is 11.6 Å². The largest absolute Gasteiger partial charge is 0.389 e. The van der Waals surface area contributed by atoms with Gasteiger partial charge in [0, 0.05) is 11.4 Å². The van der Waals surface area contributed by atoms with E-state index in [1.807, 2.05) is 24.3 Å². The number of hydrogen-bond donors (Lipinski definition) is 1. The molecule has 0 amide bonds. The molecule has 2 atom stereocenters. The van der Waals surface area contributed by atoms with E-state index in [0.717, 1.165) is 29.8 Å². The molecule has 1 aliphatic carbocycles. The third kappa shape index (κ3) is 1.94. The maximum absolute atomic E-state index is 10.1. The van der Waals surface area contributed by atoms with Gasteiger partial charge in [-0.1, -0.05) is 37.1 Å². The van der Waals surface area contributed by atoms with Gasteiger partial charge in [0.1, 0.15) is 0 Å². The Bertz CT molecular complexity index is 337. The Morgan fingerprint density at radius 2 is 2.36 bits per heavy atom. The van der Waals surface area contributed by atoms with Crippen LogP contribution in [-0.2, 0) is 6.42 Å². The van der Waals surface area contributed by atoms with Crippen molar-refractivity contribution in [2.45, 2.75) is 31.8 Å². The van der Waals surface area contributed by atoms with Crippen LogP contribution in [0.4, 0.5) is 0 Å². The Morgan fingerprint density at radius 1 is 1.57 bits per heavy atom. The first-order chi connectivity index (χ1) is 6.64. The molecule has 1 aliphatic rings. The van der Waals surface area contributed by atoms with E-state index in [0.29, 0.717) is 5.92 Å². The maximum atomic E-state index is 10.1. The van der Waals surface area contributed by atoms with Gasteiger partial charge in [-0.15, -0.1) is 0 Å². The highest BCUT2D eigenvalue weighted by molar-refractivity contribution is 6.30. The molecule has 1 N–H and O–H groups in total. The molecule has 2 heteroatoms. The van der Waals surface area contributed by atoms with Crippen molar-refractivity contribution in [1.29, 1.82) is 0 Å².